The largest absolute Gasteiger partial charge is 0.394 e. The zero-order chi connectivity index (χ0) is 9.78. The summed E-state index contributed by atoms with van der Waals surface area (Å²) < 4.78 is 0. The Labute approximate surface area is 74.0 Å². The summed E-state index contributed by atoms with van der Waals surface area (Å²) in [6, 6.07) is 0. The predicted octanol–water partition coefficient (Wildman–Crippen LogP) is 0.527. The normalized spacial score (nSPS) is 19.2. The first-order chi connectivity index (χ1) is 5.46. The van der Waals surface area contributed by atoms with Crippen LogP contribution in [0, 0.1) is 5.92 Å². The van der Waals surface area contributed by atoms with Gasteiger partial charge in [-0.1, -0.05) is 20.8 Å². The molecule has 2 unspecified atom stereocenters. The molecule has 3 N–H and O–H groups in total. The van der Waals surface area contributed by atoms with Gasteiger partial charge < -0.3 is 15.3 Å². The second kappa shape index (κ2) is 4.80. The quantitative estimate of drug-likeness (QED) is 0.572. The summed E-state index contributed by atoms with van der Waals surface area (Å²) in [7, 11) is 0. The van der Waals surface area contributed by atoms with Crippen molar-refractivity contribution in [1.29, 1.82) is 0 Å². The second-order valence-corrected chi connectivity index (χ2v) is 3.65. The first-order valence-electron chi connectivity index (χ1n) is 4.47. The minimum atomic E-state index is -0.845. The lowest BCUT2D eigenvalue weighted by Crippen LogP contribution is -2.39. The first kappa shape index (κ1) is 11.9. The van der Waals surface area contributed by atoms with Crippen LogP contribution in [0.5, 0.6) is 0 Å². The van der Waals surface area contributed by atoms with Crippen molar-refractivity contribution in [3.8, 4) is 0 Å². The molecule has 3 nitrogen and oxygen atoms in total. The fraction of sp³-hybridized carbons (Fsp3) is 1.00. The van der Waals surface area contributed by atoms with E-state index in [9.17, 15) is 5.11 Å². The number of aliphatic hydroxyl groups excluding tert-OH is 2. The SMILES string of the molecule is CCC(O)(CC(O)CO)C(C)C. The van der Waals surface area contributed by atoms with E-state index in [1.165, 1.54) is 0 Å². The van der Waals surface area contributed by atoms with E-state index in [1.807, 2.05) is 20.8 Å². The molecule has 0 saturated carbocycles. The third-order valence-corrected chi connectivity index (χ3v) is 2.49. The van der Waals surface area contributed by atoms with E-state index >= 15 is 0 Å². The molecule has 0 fully saturated rings. The fourth-order valence-corrected chi connectivity index (χ4v) is 1.26. The Morgan fingerprint density at radius 1 is 1.33 bits per heavy atom. The predicted molar refractivity (Wildman–Crippen MR) is 47.8 cm³/mol. The van der Waals surface area contributed by atoms with Gasteiger partial charge in [0.15, 0.2) is 0 Å². The van der Waals surface area contributed by atoms with Gasteiger partial charge in [-0.2, -0.15) is 0 Å². The smallest absolute Gasteiger partial charge is 0.0798 e. The van der Waals surface area contributed by atoms with E-state index in [0.29, 0.717) is 6.42 Å². The molecule has 0 aliphatic rings. The van der Waals surface area contributed by atoms with Crippen LogP contribution in [0.25, 0.3) is 0 Å². The molecular weight excluding hydrogens is 156 g/mol. The molecule has 0 aromatic heterocycles. The van der Waals surface area contributed by atoms with Crippen molar-refractivity contribution in [2.24, 2.45) is 5.92 Å². The van der Waals surface area contributed by atoms with Crippen molar-refractivity contribution in [2.75, 3.05) is 6.61 Å². The first-order valence-corrected chi connectivity index (χ1v) is 4.47. The molecule has 3 heteroatoms. The summed E-state index contributed by atoms with van der Waals surface area (Å²) in [5.74, 6) is 0.101. The molecule has 0 bridgehead atoms. The number of aliphatic hydroxyl groups is 3. The lowest BCUT2D eigenvalue weighted by Gasteiger charge is -2.32. The van der Waals surface area contributed by atoms with Gasteiger partial charge in [-0.25, -0.2) is 0 Å². The van der Waals surface area contributed by atoms with E-state index < -0.39 is 11.7 Å². The number of hydrogen-bond donors (Lipinski definition) is 3. The average molecular weight is 176 g/mol. The van der Waals surface area contributed by atoms with E-state index in [4.69, 9.17) is 10.2 Å². The second-order valence-electron chi connectivity index (χ2n) is 3.65. The lowest BCUT2D eigenvalue weighted by molar-refractivity contribution is -0.0589. The topological polar surface area (TPSA) is 60.7 Å². The van der Waals surface area contributed by atoms with Crippen LogP contribution in [0.4, 0.5) is 0 Å². The monoisotopic (exact) mass is 176 g/mol. The third kappa shape index (κ3) is 3.09. The van der Waals surface area contributed by atoms with Crippen LogP contribution in [-0.4, -0.2) is 33.6 Å². The van der Waals surface area contributed by atoms with Crippen LogP contribution in [-0.2, 0) is 0 Å². The van der Waals surface area contributed by atoms with Crippen LogP contribution in [0.1, 0.15) is 33.6 Å². The Kier molecular flexibility index (Phi) is 4.75. The molecule has 0 aromatic rings. The highest BCUT2D eigenvalue weighted by Crippen LogP contribution is 2.26. The number of rotatable bonds is 5. The summed E-state index contributed by atoms with van der Waals surface area (Å²) >= 11 is 0. The molecule has 0 aliphatic carbocycles. The van der Waals surface area contributed by atoms with Gasteiger partial charge in [0.1, 0.15) is 0 Å². The van der Waals surface area contributed by atoms with E-state index in [0.717, 1.165) is 0 Å². The van der Waals surface area contributed by atoms with Gasteiger partial charge in [-0.15, -0.1) is 0 Å². The lowest BCUT2D eigenvalue weighted by atomic mass is 9.83. The highest BCUT2D eigenvalue weighted by atomic mass is 16.3. The van der Waals surface area contributed by atoms with Gasteiger partial charge in [0.25, 0.3) is 0 Å². The van der Waals surface area contributed by atoms with Crippen LogP contribution in [0.3, 0.4) is 0 Å². The Morgan fingerprint density at radius 2 is 1.83 bits per heavy atom. The van der Waals surface area contributed by atoms with Gasteiger partial charge >= 0.3 is 0 Å². The molecule has 12 heavy (non-hydrogen) atoms. The van der Waals surface area contributed by atoms with Crippen LogP contribution in [0.15, 0.2) is 0 Å². The average Bonchev–Trinajstić information content (AvgIpc) is 2.03. The summed E-state index contributed by atoms with van der Waals surface area (Å²) in [4.78, 5) is 0. The van der Waals surface area contributed by atoms with Crippen molar-refractivity contribution in [1.82, 2.24) is 0 Å². The van der Waals surface area contributed by atoms with Crippen LogP contribution in [0.2, 0.25) is 0 Å². The highest BCUT2D eigenvalue weighted by Gasteiger charge is 2.31. The van der Waals surface area contributed by atoms with Gasteiger partial charge in [-0.05, 0) is 12.3 Å². The third-order valence-electron chi connectivity index (χ3n) is 2.49. The summed E-state index contributed by atoms with van der Waals surface area (Å²) in [5, 5.41) is 27.7. The van der Waals surface area contributed by atoms with Gasteiger partial charge in [-0.3, -0.25) is 0 Å². The van der Waals surface area contributed by atoms with Crippen molar-refractivity contribution >= 4 is 0 Å². The summed E-state index contributed by atoms with van der Waals surface area (Å²) in [5.41, 5.74) is -0.845. The van der Waals surface area contributed by atoms with E-state index in [-0.39, 0.29) is 18.9 Å². The van der Waals surface area contributed by atoms with Crippen molar-refractivity contribution < 1.29 is 15.3 Å². The highest BCUT2D eigenvalue weighted by molar-refractivity contribution is 4.82. The van der Waals surface area contributed by atoms with Gasteiger partial charge in [0.2, 0.25) is 0 Å². The molecular formula is C9H20O3. The Balaban J connectivity index is 4.14. The van der Waals surface area contributed by atoms with E-state index in [1.54, 1.807) is 0 Å². The summed E-state index contributed by atoms with van der Waals surface area (Å²) in [6.45, 7) is 5.42. The van der Waals surface area contributed by atoms with Gasteiger partial charge in [0, 0.05) is 6.42 Å². The van der Waals surface area contributed by atoms with Crippen LogP contribution < -0.4 is 0 Å². The molecule has 0 spiro atoms. The number of hydrogen-bond acceptors (Lipinski definition) is 3. The molecule has 0 aliphatic heterocycles. The molecule has 0 amide bonds. The minimum absolute atomic E-state index is 0.101. The maximum absolute atomic E-state index is 9.93. The molecule has 74 valence electrons. The zero-order valence-electron chi connectivity index (χ0n) is 8.12. The van der Waals surface area contributed by atoms with Crippen molar-refractivity contribution in [2.45, 2.75) is 45.3 Å². The Hall–Kier alpha value is -0.120. The zero-order valence-corrected chi connectivity index (χ0v) is 8.12. The molecule has 0 radical (unpaired) electrons. The van der Waals surface area contributed by atoms with Gasteiger partial charge in [0.05, 0.1) is 18.3 Å². The van der Waals surface area contributed by atoms with Crippen molar-refractivity contribution in [3.05, 3.63) is 0 Å². The molecule has 0 aromatic carbocycles. The molecule has 0 saturated heterocycles. The molecule has 2 atom stereocenters. The Morgan fingerprint density at radius 3 is 2.08 bits per heavy atom. The standard InChI is InChI=1S/C9H20O3/c1-4-9(12,7(2)3)5-8(11)6-10/h7-8,10-12H,4-6H2,1-3H3. The maximum Gasteiger partial charge on any atom is 0.0798 e. The summed E-state index contributed by atoms with van der Waals surface area (Å²) in [6.07, 6.45) is 0.0386. The Bertz CT molecular complexity index is 125. The molecule has 0 heterocycles. The molecule has 0 rings (SSSR count). The fourth-order valence-electron chi connectivity index (χ4n) is 1.26. The van der Waals surface area contributed by atoms with Crippen LogP contribution >= 0.6 is 0 Å². The maximum atomic E-state index is 9.93. The van der Waals surface area contributed by atoms with E-state index in [2.05, 4.69) is 0 Å². The minimum Gasteiger partial charge on any atom is -0.394 e. The van der Waals surface area contributed by atoms with Crippen molar-refractivity contribution in [3.63, 3.8) is 0 Å².